The Morgan fingerprint density at radius 3 is 2.26 bits per heavy atom. The number of amidine groups is 1. The number of hydrogen-bond acceptors (Lipinski definition) is 6. The van der Waals surface area contributed by atoms with Crippen LogP contribution in [0.5, 0.6) is 0 Å². The quantitative estimate of drug-likeness (QED) is 0.339. The van der Waals surface area contributed by atoms with Crippen molar-refractivity contribution in [3.8, 4) is 0 Å². The second-order valence-electron chi connectivity index (χ2n) is 9.80. The molecule has 9 nitrogen and oxygen atoms in total. The van der Waals surface area contributed by atoms with Gasteiger partial charge < -0.3 is 15.0 Å². The summed E-state index contributed by atoms with van der Waals surface area (Å²) in [6.45, 7) is 7.91. The fourth-order valence-corrected chi connectivity index (χ4v) is 5.42. The van der Waals surface area contributed by atoms with Crippen LogP contribution in [0.1, 0.15) is 43.5 Å². The molecule has 0 aliphatic carbocycles. The van der Waals surface area contributed by atoms with Crippen LogP contribution in [0.3, 0.4) is 0 Å². The number of urea groups is 1. The van der Waals surface area contributed by atoms with E-state index in [0.29, 0.717) is 31.4 Å². The van der Waals surface area contributed by atoms with Gasteiger partial charge in [-0.2, -0.15) is 0 Å². The molecule has 0 saturated carbocycles. The highest BCUT2D eigenvalue weighted by atomic mass is 16.5. The van der Waals surface area contributed by atoms with Gasteiger partial charge in [0.05, 0.1) is 18.3 Å². The lowest BCUT2D eigenvalue weighted by atomic mass is 9.72. The number of ether oxygens (including phenoxy) is 1. The zero-order chi connectivity index (χ0) is 28.0. The molecule has 1 N–H and O–H groups in total. The van der Waals surface area contributed by atoms with Crippen LogP contribution in [-0.4, -0.2) is 79.5 Å². The lowest BCUT2D eigenvalue weighted by Gasteiger charge is -2.42. The molecule has 1 atom stereocenters. The zero-order valence-electron chi connectivity index (χ0n) is 22.5. The van der Waals surface area contributed by atoms with Gasteiger partial charge in [-0.15, -0.1) is 0 Å². The van der Waals surface area contributed by atoms with Crippen molar-refractivity contribution >= 4 is 31.5 Å². The molecule has 202 valence electrons. The Balaban J connectivity index is 1.36. The molecule has 2 aromatic rings. The summed E-state index contributed by atoms with van der Waals surface area (Å²) in [6, 6.07) is 18.5. The Morgan fingerprint density at radius 2 is 1.67 bits per heavy atom. The van der Waals surface area contributed by atoms with Gasteiger partial charge in [0.2, 0.25) is 5.91 Å². The van der Waals surface area contributed by atoms with Crippen LogP contribution in [-0.2, 0) is 19.7 Å². The van der Waals surface area contributed by atoms with Gasteiger partial charge >= 0.3 is 12.0 Å². The van der Waals surface area contributed by atoms with E-state index in [1.54, 1.807) is 0 Å². The maximum Gasteiger partial charge on any atom is 0.324 e. The van der Waals surface area contributed by atoms with Crippen LogP contribution in [0.15, 0.2) is 78.1 Å². The van der Waals surface area contributed by atoms with Gasteiger partial charge in [0.15, 0.2) is 7.85 Å². The average molecular weight is 527 g/mol. The molecule has 2 heterocycles. The minimum atomic E-state index is -0.791. The number of rotatable bonds is 7. The standard InChI is InChI=1S/C29H34BN5O4/c1-21-32-27(30)35(25(34(21)22(2)36)23-11-6-4-7-12-23)28(38)31-17-10-18-33-19-15-29(16-20-33,26(37)39-3)24-13-8-5-9-14-24/h4-9,11-14,25H,1,10,15-20H2,2-3H3,(H,31,38). The van der Waals surface area contributed by atoms with E-state index < -0.39 is 17.6 Å². The molecular weight excluding hydrogens is 493 g/mol. The number of methoxy groups -OCH3 is 1. The molecule has 2 aliphatic heterocycles. The Morgan fingerprint density at radius 1 is 1.05 bits per heavy atom. The summed E-state index contributed by atoms with van der Waals surface area (Å²) < 4.78 is 5.18. The average Bonchev–Trinajstić information content (AvgIpc) is 2.95. The molecule has 39 heavy (non-hydrogen) atoms. The number of aliphatic imine (C=N–C) groups is 1. The summed E-state index contributed by atoms with van der Waals surface area (Å²) in [5.41, 5.74) is 1.03. The highest BCUT2D eigenvalue weighted by molar-refractivity contribution is 6.60. The molecule has 2 radical (unpaired) electrons. The summed E-state index contributed by atoms with van der Waals surface area (Å²) >= 11 is 0. The summed E-state index contributed by atoms with van der Waals surface area (Å²) in [4.78, 5) is 47.6. The Hall–Kier alpha value is -3.92. The van der Waals surface area contributed by atoms with Gasteiger partial charge in [-0.3, -0.25) is 19.4 Å². The molecule has 0 spiro atoms. The van der Waals surface area contributed by atoms with Gasteiger partial charge in [-0.1, -0.05) is 67.2 Å². The SMILES string of the molecule is [B]C1=NC(=C)N(C(C)=O)C(c2ccccc2)N1C(=O)NCCCN1CCC(C(=O)OC)(c2ccccc2)CC1. The molecule has 2 aromatic carbocycles. The number of hydrogen-bond donors (Lipinski definition) is 1. The molecule has 1 fully saturated rings. The van der Waals surface area contributed by atoms with Crippen molar-refractivity contribution in [2.24, 2.45) is 4.99 Å². The Labute approximate surface area is 230 Å². The van der Waals surface area contributed by atoms with Crippen LogP contribution in [0.25, 0.3) is 0 Å². The van der Waals surface area contributed by atoms with Crippen LogP contribution >= 0.6 is 0 Å². The molecule has 2 aliphatic rings. The summed E-state index contributed by atoms with van der Waals surface area (Å²) in [6.07, 6.45) is 1.24. The largest absolute Gasteiger partial charge is 0.468 e. The zero-order valence-corrected chi connectivity index (χ0v) is 22.5. The number of carbonyl (C=O) groups excluding carboxylic acids is 3. The molecule has 4 rings (SSSR count). The van der Waals surface area contributed by atoms with Crippen LogP contribution < -0.4 is 5.32 Å². The second kappa shape index (κ2) is 12.3. The lowest BCUT2D eigenvalue weighted by Crippen LogP contribution is -2.55. The van der Waals surface area contributed by atoms with Crippen LogP contribution in [0, 0.1) is 0 Å². The predicted molar refractivity (Wildman–Crippen MR) is 150 cm³/mol. The van der Waals surface area contributed by atoms with E-state index >= 15 is 0 Å². The highest BCUT2D eigenvalue weighted by Gasteiger charge is 2.44. The van der Waals surface area contributed by atoms with E-state index in [4.69, 9.17) is 12.6 Å². The van der Waals surface area contributed by atoms with E-state index in [1.165, 1.54) is 23.8 Å². The van der Waals surface area contributed by atoms with Crippen molar-refractivity contribution in [1.29, 1.82) is 0 Å². The third-order valence-corrected chi connectivity index (χ3v) is 7.45. The van der Waals surface area contributed by atoms with Crippen molar-refractivity contribution < 1.29 is 19.1 Å². The van der Waals surface area contributed by atoms with Crippen molar-refractivity contribution in [3.63, 3.8) is 0 Å². The van der Waals surface area contributed by atoms with Gasteiger partial charge in [-0.25, -0.2) is 9.79 Å². The lowest BCUT2D eigenvalue weighted by molar-refractivity contribution is -0.149. The fourth-order valence-electron chi connectivity index (χ4n) is 5.42. The van der Waals surface area contributed by atoms with Crippen molar-refractivity contribution in [1.82, 2.24) is 20.0 Å². The molecule has 1 saturated heterocycles. The number of benzene rings is 2. The summed E-state index contributed by atoms with van der Waals surface area (Å²) in [5.74, 6) is -0.315. The van der Waals surface area contributed by atoms with E-state index in [2.05, 4.69) is 21.8 Å². The van der Waals surface area contributed by atoms with Crippen molar-refractivity contribution in [3.05, 3.63) is 84.2 Å². The molecule has 0 bridgehead atoms. The minimum absolute atomic E-state index is 0.0278. The van der Waals surface area contributed by atoms with Gasteiger partial charge in [0, 0.05) is 13.5 Å². The third-order valence-electron chi connectivity index (χ3n) is 7.45. The second-order valence-corrected chi connectivity index (χ2v) is 9.80. The maximum absolute atomic E-state index is 13.3. The van der Waals surface area contributed by atoms with E-state index in [-0.39, 0.29) is 23.4 Å². The first kappa shape index (κ1) is 28.1. The normalized spacial score (nSPS) is 19.3. The number of nitrogens with one attached hydrogen (secondary N) is 1. The maximum atomic E-state index is 13.3. The fraction of sp³-hybridized carbons (Fsp3) is 0.379. The number of esters is 1. The molecule has 10 heteroatoms. The molecule has 3 amide bonds. The van der Waals surface area contributed by atoms with E-state index in [1.807, 2.05) is 60.7 Å². The third kappa shape index (κ3) is 5.91. The first-order chi connectivity index (χ1) is 18.8. The number of piperidine rings is 1. The molecular formula is C29H34BN5O4. The smallest absolute Gasteiger partial charge is 0.324 e. The number of carbonyl (C=O) groups is 3. The van der Waals surface area contributed by atoms with Gasteiger partial charge in [0.1, 0.15) is 12.0 Å². The highest BCUT2D eigenvalue weighted by Crippen LogP contribution is 2.37. The van der Waals surface area contributed by atoms with Gasteiger partial charge in [0.25, 0.3) is 0 Å². The summed E-state index contributed by atoms with van der Waals surface area (Å²) in [5, 5.41) is 2.92. The first-order valence-corrected chi connectivity index (χ1v) is 13.1. The van der Waals surface area contributed by atoms with Crippen LogP contribution in [0.2, 0.25) is 0 Å². The Bertz CT molecular complexity index is 1230. The topological polar surface area (TPSA) is 94.5 Å². The Kier molecular flexibility index (Phi) is 8.86. The minimum Gasteiger partial charge on any atom is -0.468 e. The number of likely N-dealkylation sites (tertiary alicyclic amines) is 1. The van der Waals surface area contributed by atoms with Crippen molar-refractivity contribution in [2.75, 3.05) is 33.3 Å². The molecule has 1 unspecified atom stereocenters. The van der Waals surface area contributed by atoms with Gasteiger partial charge in [-0.05, 0) is 50.0 Å². The van der Waals surface area contributed by atoms with E-state index in [9.17, 15) is 14.4 Å². The number of amides is 3. The monoisotopic (exact) mass is 527 g/mol. The molecule has 0 aromatic heterocycles. The first-order valence-electron chi connectivity index (χ1n) is 13.1. The number of nitrogens with zero attached hydrogens (tertiary/aromatic N) is 4. The predicted octanol–water partition coefficient (Wildman–Crippen LogP) is 3.15. The van der Waals surface area contributed by atoms with E-state index in [0.717, 1.165) is 25.2 Å². The van der Waals surface area contributed by atoms with Crippen LogP contribution in [0.4, 0.5) is 4.79 Å². The summed E-state index contributed by atoms with van der Waals surface area (Å²) in [7, 11) is 7.60. The van der Waals surface area contributed by atoms with Crippen molar-refractivity contribution in [2.45, 2.75) is 37.8 Å².